The molecule has 0 spiro atoms. The maximum Gasteiger partial charge on any atom is 0.333 e. The van der Waals surface area contributed by atoms with E-state index in [2.05, 4.69) is 25.7 Å². The summed E-state index contributed by atoms with van der Waals surface area (Å²) in [5.74, 6) is -0.793. The summed E-state index contributed by atoms with van der Waals surface area (Å²) < 4.78 is 0. The van der Waals surface area contributed by atoms with Gasteiger partial charge < -0.3 is 10.0 Å². The summed E-state index contributed by atoms with van der Waals surface area (Å²) in [5.41, 5.74) is 1.51. The standard InChI is InChI=1S/C13H25NO2/c1-5-8-9-10-12(11(4)13(15)16)14(6-2)7-3/h5-10H2,1-4H3,(H,15,16). The number of rotatable bonds is 8. The quantitative estimate of drug-likeness (QED) is 0.511. The van der Waals surface area contributed by atoms with Gasteiger partial charge in [0, 0.05) is 18.8 Å². The van der Waals surface area contributed by atoms with Crippen LogP contribution in [0, 0.1) is 0 Å². The van der Waals surface area contributed by atoms with Gasteiger partial charge in [-0.15, -0.1) is 0 Å². The topological polar surface area (TPSA) is 40.5 Å². The van der Waals surface area contributed by atoms with Gasteiger partial charge in [-0.2, -0.15) is 0 Å². The molecule has 3 nitrogen and oxygen atoms in total. The van der Waals surface area contributed by atoms with Crippen LogP contribution < -0.4 is 0 Å². The molecule has 0 heterocycles. The molecule has 0 bridgehead atoms. The van der Waals surface area contributed by atoms with E-state index < -0.39 is 5.97 Å². The molecule has 0 fully saturated rings. The van der Waals surface area contributed by atoms with Gasteiger partial charge in [0.15, 0.2) is 0 Å². The van der Waals surface area contributed by atoms with Crippen LogP contribution in [0.15, 0.2) is 11.3 Å². The Hall–Kier alpha value is -0.990. The van der Waals surface area contributed by atoms with Crippen molar-refractivity contribution in [2.45, 2.75) is 53.4 Å². The zero-order valence-electron chi connectivity index (χ0n) is 11.0. The van der Waals surface area contributed by atoms with E-state index in [1.807, 2.05) is 0 Å². The van der Waals surface area contributed by atoms with Crippen molar-refractivity contribution >= 4 is 5.97 Å². The number of hydrogen-bond acceptors (Lipinski definition) is 2. The minimum atomic E-state index is -0.793. The van der Waals surface area contributed by atoms with Crippen LogP contribution in [0.25, 0.3) is 0 Å². The van der Waals surface area contributed by atoms with Crippen LogP contribution in [-0.4, -0.2) is 29.1 Å². The number of nitrogens with zero attached hydrogens (tertiary/aromatic N) is 1. The molecule has 0 radical (unpaired) electrons. The largest absolute Gasteiger partial charge is 0.478 e. The van der Waals surface area contributed by atoms with E-state index in [-0.39, 0.29) is 0 Å². The molecule has 0 aliphatic heterocycles. The van der Waals surface area contributed by atoms with Gasteiger partial charge in [0.05, 0.1) is 5.57 Å². The van der Waals surface area contributed by atoms with Gasteiger partial charge in [-0.3, -0.25) is 0 Å². The Bertz CT molecular complexity index is 242. The molecular formula is C13H25NO2. The van der Waals surface area contributed by atoms with Crippen LogP contribution in [0.4, 0.5) is 0 Å². The molecule has 0 aromatic heterocycles. The molecule has 0 aliphatic rings. The lowest BCUT2D eigenvalue weighted by molar-refractivity contribution is -0.132. The van der Waals surface area contributed by atoms with E-state index in [4.69, 9.17) is 5.11 Å². The maximum atomic E-state index is 11.0. The molecule has 0 amide bonds. The molecule has 3 heteroatoms. The zero-order chi connectivity index (χ0) is 12.6. The minimum absolute atomic E-state index is 0.500. The van der Waals surface area contributed by atoms with E-state index in [1.54, 1.807) is 6.92 Å². The van der Waals surface area contributed by atoms with Crippen LogP contribution >= 0.6 is 0 Å². The predicted molar refractivity (Wildman–Crippen MR) is 67.4 cm³/mol. The first-order valence-electron chi connectivity index (χ1n) is 6.26. The van der Waals surface area contributed by atoms with Crippen molar-refractivity contribution in [2.75, 3.05) is 13.1 Å². The lowest BCUT2D eigenvalue weighted by Gasteiger charge is -2.26. The number of allylic oxidation sites excluding steroid dienone is 1. The molecule has 0 rings (SSSR count). The van der Waals surface area contributed by atoms with Gasteiger partial charge in [-0.1, -0.05) is 19.8 Å². The van der Waals surface area contributed by atoms with Crippen molar-refractivity contribution in [1.82, 2.24) is 4.90 Å². The minimum Gasteiger partial charge on any atom is -0.478 e. The number of carboxylic acid groups (broad SMARTS) is 1. The Morgan fingerprint density at radius 3 is 2.06 bits per heavy atom. The van der Waals surface area contributed by atoms with Gasteiger partial charge in [0.25, 0.3) is 0 Å². The second-order valence-electron chi connectivity index (χ2n) is 4.01. The van der Waals surface area contributed by atoms with Crippen molar-refractivity contribution in [3.05, 3.63) is 11.3 Å². The first-order valence-corrected chi connectivity index (χ1v) is 6.26. The predicted octanol–water partition coefficient (Wildman–Crippen LogP) is 3.27. The summed E-state index contributed by atoms with van der Waals surface area (Å²) in [4.78, 5) is 13.2. The van der Waals surface area contributed by atoms with Gasteiger partial charge in [0.1, 0.15) is 0 Å². The smallest absolute Gasteiger partial charge is 0.333 e. The van der Waals surface area contributed by atoms with Gasteiger partial charge in [-0.05, 0) is 33.6 Å². The highest BCUT2D eigenvalue weighted by Crippen LogP contribution is 2.18. The monoisotopic (exact) mass is 227 g/mol. The number of carboxylic acids is 1. The van der Waals surface area contributed by atoms with E-state index in [9.17, 15) is 4.79 Å². The first kappa shape index (κ1) is 15.0. The van der Waals surface area contributed by atoms with Gasteiger partial charge in [-0.25, -0.2) is 4.79 Å². The Morgan fingerprint density at radius 1 is 1.12 bits per heavy atom. The third-order valence-electron chi connectivity index (χ3n) is 2.92. The van der Waals surface area contributed by atoms with Crippen LogP contribution in [0.3, 0.4) is 0 Å². The van der Waals surface area contributed by atoms with Gasteiger partial charge in [0.2, 0.25) is 0 Å². The number of carbonyl (C=O) groups is 1. The Morgan fingerprint density at radius 2 is 1.69 bits per heavy atom. The molecular weight excluding hydrogens is 202 g/mol. The number of hydrogen-bond donors (Lipinski definition) is 1. The molecule has 1 N–H and O–H groups in total. The van der Waals surface area contributed by atoms with E-state index in [0.717, 1.165) is 44.5 Å². The molecule has 94 valence electrons. The summed E-state index contributed by atoms with van der Waals surface area (Å²) in [6, 6.07) is 0. The molecule has 0 aliphatic carbocycles. The van der Waals surface area contributed by atoms with Crippen LogP contribution in [0.2, 0.25) is 0 Å². The maximum absolute atomic E-state index is 11.0. The summed E-state index contributed by atoms with van der Waals surface area (Å²) in [7, 11) is 0. The fourth-order valence-corrected chi connectivity index (χ4v) is 1.85. The van der Waals surface area contributed by atoms with Crippen molar-refractivity contribution < 1.29 is 9.90 Å². The summed E-state index contributed by atoms with van der Waals surface area (Å²) in [5, 5.41) is 9.06. The van der Waals surface area contributed by atoms with Crippen LogP contribution in [0.1, 0.15) is 53.4 Å². The van der Waals surface area contributed by atoms with Gasteiger partial charge >= 0.3 is 5.97 Å². The Kier molecular flexibility index (Phi) is 7.69. The fourth-order valence-electron chi connectivity index (χ4n) is 1.85. The molecule has 0 aromatic rings. The Balaban J connectivity index is 4.75. The van der Waals surface area contributed by atoms with Crippen molar-refractivity contribution in [3.63, 3.8) is 0 Å². The third kappa shape index (κ3) is 4.69. The second-order valence-corrected chi connectivity index (χ2v) is 4.01. The zero-order valence-corrected chi connectivity index (χ0v) is 11.0. The highest BCUT2D eigenvalue weighted by Gasteiger charge is 2.13. The summed E-state index contributed by atoms with van der Waals surface area (Å²) >= 11 is 0. The highest BCUT2D eigenvalue weighted by atomic mass is 16.4. The summed E-state index contributed by atoms with van der Waals surface area (Å²) in [6.45, 7) is 9.76. The van der Waals surface area contributed by atoms with Crippen molar-refractivity contribution in [3.8, 4) is 0 Å². The second kappa shape index (κ2) is 8.20. The fraction of sp³-hybridized carbons (Fsp3) is 0.769. The highest BCUT2D eigenvalue weighted by molar-refractivity contribution is 5.86. The van der Waals surface area contributed by atoms with Crippen LogP contribution in [-0.2, 0) is 4.79 Å². The average molecular weight is 227 g/mol. The normalized spacial score (nSPS) is 12.2. The molecule has 0 unspecified atom stereocenters. The number of aliphatic carboxylic acids is 1. The van der Waals surface area contributed by atoms with Crippen molar-refractivity contribution in [1.29, 1.82) is 0 Å². The SMILES string of the molecule is CCCCCC(=C(C)C(=O)O)N(CC)CC. The van der Waals surface area contributed by atoms with Crippen LogP contribution in [0.5, 0.6) is 0 Å². The molecule has 0 saturated heterocycles. The Labute approximate surface area is 99.1 Å². The number of unbranched alkanes of at least 4 members (excludes halogenated alkanes) is 2. The lowest BCUT2D eigenvalue weighted by Crippen LogP contribution is -2.25. The third-order valence-corrected chi connectivity index (χ3v) is 2.92. The first-order chi connectivity index (χ1) is 7.58. The van der Waals surface area contributed by atoms with Crippen molar-refractivity contribution in [2.24, 2.45) is 0 Å². The lowest BCUT2D eigenvalue weighted by atomic mass is 10.1. The van der Waals surface area contributed by atoms with E-state index in [0.29, 0.717) is 5.57 Å². The molecule has 16 heavy (non-hydrogen) atoms. The molecule has 0 aromatic carbocycles. The van der Waals surface area contributed by atoms with E-state index >= 15 is 0 Å². The average Bonchev–Trinajstić information content (AvgIpc) is 2.27. The molecule has 0 atom stereocenters. The summed E-state index contributed by atoms with van der Waals surface area (Å²) in [6.07, 6.45) is 4.29. The molecule has 0 saturated carbocycles. The van der Waals surface area contributed by atoms with E-state index in [1.165, 1.54) is 0 Å².